The zero-order valence-corrected chi connectivity index (χ0v) is 15.7. The topological polar surface area (TPSA) is 46.2 Å². The van der Waals surface area contributed by atoms with E-state index >= 15 is 0 Å². The summed E-state index contributed by atoms with van der Waals surface area (Å²) in [5.41, 5.74) is 1.90. The predicted octanol–water partition coefficient (Wildman–Crippen LogP) is 4.51. The van der Waals surface area contributed by atoms with Crippen LogP contribution in [0.4, 0.5) is 0 Å². The maximum Gasteiger partial charge on any atom is 0.240 e. The molecule has 0 aliphatic carbocycles. The van der Waals surface area contributed by atoms with Gasteiger partial charge in [-0.25, -0.2) is 13.1 Å². The molecule has 7 heteroatoms. The molecule has 124 valence electrons. The lowest BCUT2D eigenvalue weighted by atomic mass is 10.2. The standard InChI is InChI=1S/C16H17Cl2NO2S2/c1-12-5-7-13(8-6-12)23(20,21)19-9-10-22-11-14-15(17)3-2-4-16(14)18/h2-8,19H,9-11H2,1H3. The van der Waals surface area contributed by atoms with Crippen molar-refractivity contribution >= 4 is 45.0 Å². The van der Waals surface area contributed by atoms with Gasteiger partial charge in [0.25, 0.3) is 0 Å². The normalized spacial score (nSPS) is 11.6. The van der Waals surface area contributed by atoms with Gasteiger partial charge < -0.3 is 0 Å². The Balaban J connectivity index is 1.82. The number of sulfonamides is 1. The fraction of sp³-hybridized carbons (Fsp3) is 0.250. The molecular formula is C16H17Cl2NO2S2. The number of hydrogen-bond acceptors (Lipinski definition) is 3. The number of rotatable bonds is 7. The summed E-state index contributed by atoms with van der Waals surface area (Å²) in [4.78, 5) is 0.280. The largest absolute Gasteiger partial charge is 0.240 e. The van der Waals surface area contributed by atoms with Crippen LogP contribution in [0.15, 0.2) is 47.4 Å². The second kappa shape index (κ2) is 8.40. The highest BCUT2D eigenvalue weighted by molar-refractivity contribution is 7.98. The molecule has 3 nitrogen and oxygen atoms in total. The van der Waals surface area contributed by atoms with E-state index in [9.17, 15) is 8.42 Å². The van der Waals surface area contributed by atoms with Crippen LogP contribution in [-0.2, 0) is 15.8 Å². The lowest BCUT2D eigenvalue weighted by molar-refractivity contribution is 0.584. The first-order valence-corrected chi connectivity index (χ1v) is 10.4. The van der Waals surface area contributed by atoms with Gasteiger partial charge in [-0.1, -0.05) is 47.0 Å². The number of benzene rings is 2. The van der Waals surface area contributed by atoms with Crippen LogP contribution in [-0.4, -0.2) is 20.7 Å². The smallest absolute Gasteiger partial charge is 0.210 e. The van der Waals surface area contributed by atoms with Crippen LogP contribution in [0.3, 0.4) is 0 Å². The van der Waals surface area contributed by atoms with Crippen molar-refractivity contribution in [2.45, 2.75) is 17.6 Å². The van der Waals surface area contributed by atoms with Gasteiger partial charge in [0, 0.05) is 28.1 Å². The van der Waals surface area contributed by atoms with E-state index in [-0.39, 0.29) is 4.90 Å². The molecule has 1 N–H and O–H groups in total. The van der Waals surface area contributed by atoms with Gasteiger partial charge in [0.15, 0.2) is 0 Å². The molecule has 0 aromatic heterocycles. The van der Waals surface area contributed by atoms with Crippen LogP contribution in [0.5, 0.6) is 0 Å². The van der Waals surface area contributed by atoms with Crippen LogP contribution in [0, 0.1) is 6.92 Å². The molecule has 23 heavy (non-hydrogen) atoms. The number of thioether (sulfide) groups is 1. The summed E-state index contributed by atoms with van der Waals surface area (Å²) in [7, 11) is -3.45. The van der Waals surface area contributed by atoms with Crippen molar-refractivity contribution in [3.8, 4) is 0 Å². The summed E-state index contributed by atoms with van der Waals surface area (Å²) in [6.07, 6.45) is 0. The van der Waals surface area contributed by atoms with Crippen molar-refractivity contribution in [1.82, 2.24) is 4.72 Å². The van der Waals surface area contributed by atoms with Crippen molar-refractivity contribution in [2.24, 2.45) is 0 Å². The maximum atomic E-state index is 12.1. The van der Waals surface area contributed by atoms with Crippen molar-refractivity contribution in [3.63, 3.8) is 0 Å². The Hall–Kier alpha value is -0.720. The average Bonchev–Trinajstić information content (AvgIpc) is 2.50. The summed E-state index contributed by atoms with van der Waals surface area (Å²) in [6.45, 7) is 2.27. The van der Waals surface area contributed by atoms with E-state index in [0.29, 0.717) is 28.1 Å². The Morgan fingerprint density at radius 2 is 1.65 bits per heavy atom. The van der Waals surface area contributed by atoms with Gasteiger partial charge in [-0.3, -0.25) is 0 Å². The van der Waals surface area contributed by atoms with Gasteiger partial charge in [0.2, 0.25) is 10.0 Å². The molecule has 0 fully saturated rings. The Morgan fingerprint density at radius 1 is 1.04 bits per heavy atom. The fourth-order valence-electron chi connectivity index (χ4n) is 1.89. The molecule has 0 spiro atoms. The van der Waals surface area contributed by atoms with E-state index in [1.165, 1.54) is 0 Å². The molecule has 0 saturated heterocycles. The molecule has 0 heterocycles. The third-order valence-electron chi connectivity index (χ3n) is 3.18. The van der Waals surface area contributed by atoms with Crippen LogP contribution < -0.4 is 4.72 Å². The Kier molecular flexibility index (Phi) is 6.80. The SMILES string of the molecule is Cc1ccc(S(=O)(=O)NCCSCc2c(Cl)cccc2Cl)cc1. The monoisotopic (exact) mass is 389 g/mol. The number of halogens is 2. The highest BCUT2D eigenvalue weighted by Crippen LogP contribution is 2.28. The molecule has 0 saturated carbocycles. The summed E-state index contributed by atoms with van der Waals surface area (Å²) in [5.74, 6) is 1.28. The molecule has 2 aromatic carbocycles. The van der Waals surface area contributed by atoms with Gasteiger partial charge in [0.1, 0.15) is 0 Å². The van der Waals surface area contributed by atoms with Crippen molar-refractivity contribution < 1.29 is 8.42 Å². The number of aryl methyl sites for hydroxylation is 1. The first-order chi connectivity index (χ1) is 10.9. The maximum absolute atomic E-state index is 12.1. The highest BCUT2D eigenvalue weighted by Gasteiger charge is 2.12. The van der Waals surface area contributed by atoms with Gasteiger partial charge >= 0.3 is 0 Å². The quantitative estimate of drug-likeness (QED) is 0.708. The fourth-order valence-corrected chi connectivity index (χ4v) is 4.65. The average molecular weight is 390 g/mol. The zero-order valence-electron chi connectivity index (χ0n) is 12.6. The third-order valence-corrected chi connectivity index (χ3v) is 6.35. The van der Waals surface area contributed by atoms with Gasteiger partial charge in [-0.15, -0.1) is 0 Å². The van der Waals surface area contributed by atoms with Crippen molar-refractivity contribution in [2.75, 3.05) is 12.3 Å². The van der Waals surface area contributed by atoms with Crippen LogP contribution in [0.1, 0.15) is 11.1 Å². The minimum absolute atomic E-state index is 0.280. The first kappa shape index (κ1) is 18.6. The van der Waals surface area contributed by atoms with E-state index in [0.717, 1.165) is 11.1 Å². The predicted molar refractivity (Wildman–Crippen MR) is 99.0 cm³/mol. The Bertz CT molecular complexity index is 742. The van der Waals surface area contributed by atoms with Crippen LogP contribution in [0.25, 0.3) is 0 Å². The summed E-state index contributed by atoms with van der Waals surface area (Å²) < 4.78 is 26.8. The molecule has 0 aliphatic heterocycles. The van der Waals surface area contributed by atoms with Crippen LogP contribution in [0.2, 0.25) is 10.0 Å². The van der Waals surface area contributed by atoms with E-state index in [1.54, 1.807) is 54.2 Å². The second-order valence-corrected chi connectivity index (χ2v) is 8.65. The summed E-state index contributed by atoms with van der Waals surface area (Å²) in [5, 5.41) is 1.26. The van der Waals surface area contributed by atoms with E-state index in [1.807, 2.05) is 6.92 Å². The number of nitrogens with one attached hydrogen (secondary N) is 1. The molecule has 2 aromatic rings. The molecule has 0 amide bonds. The Morgan fingerprint density at radius 3 is 2.26 bits per heavy atom. The molecule has 0 radical (unpaired) electrons. The third kappa shape index (κ3) is 5.40. The minimum Gasteiger partial charge on any atom is -0.210 e. The van der Waals surface area contributed by atoms with Crippen molar-refractivity contribution in [1.29, 1.82) is 0 Å². The molecule has 0 unspecified atom stereocenters. The molecule has 0 atom stereocenters. The van der Waals surface area contributed by atoms with Gasteiger partial charge in [0.05, 0.1) is 4.90 Å². The second-order valence-electron chi connectivity index (χ2n) is 4.96. The number of hydrogen-bond donors (Lipinski definition) is 1. The van der Waals surface area contributed by atoms with Crippen molar-refractivity contribution in [3.05, 3.63) is 63.6 Å². The van der Waals surface area contributed by atoms with E-state index in [2.05, 4.69) is 4.72 Å². The van der Waals surface area contributed by atoms with E-state index < -0.39 is 10.0 Å². The minimum atomic E-state index is -3.45. The lowest BCUT2D eigenvalue weighted by Gasteiger charge is -2.08. The molecular weight excluding hydrogens is 373 g/mol. The summed E-state index contributed by atoms with van der Waals surface area (Å²) in [6, 6.07) is 12.2. The highest BCUT2D eigenvalue weighted by atomic mass is 35.5. The van der Waals surface area contributed by atoms with Crippen LogP contribution >= 0.6 is 35.0 Å². The van der Waals surface area contributed by atoms with Gasteiger partial charge in [-0.05, 0) is 36.8 Å². The lowest BCUT2D eigenvalue weighted by Crippen LogP contribution is -2.26. The van der Waals surface area contributed by atoms with E-state index in [4.69, 9.17) is 23.2 Å². The zero-order chi connectivity index (χ0) is 16.9. The van der Waals surface area contributed by atoms with Gasteiger partial charge in [-0.2, -0.15) is 11.8 Å². The Labute approximate surface area is 151 Å². The first-order valence-electron chi connectivity index (χ1n) is 6.97. The molecule has 0 bridgehead atoms. The summed E-state index contributed by atoms with van der Waals surface area (Å²) >= 11 is 13.8. The molecule has 0 aliphatic rings. The molecule has 2 rings (SSSR count).